The second-order valence-electron chi connectivity index (χ2n) is 6.18. The van der Waals surface area contributed by atoms with Gasteiger partial charge in [0.25, 0.3) is 0 Å². The molecule has 0 spiro atoms. The first-order chi connectivity index (χ1) is 9.09. The number of likely N-dealkylation sites (tertiary alicyclic amines) is 1. The molecule has 4 heteroatoms. The summed E-state index contributed by atoms with van der Waals surface area (Å²) in [5, 5.41) is 3.29. The van der Waals surface area contributed by atoms with Gasteiger partial charge in [0.2, 0.25) is 5.91 Å². The number of hydrogen-bond acceptors (Lipinski definition) is 3. The lowest BCUT2D eigenvalue weighted by Crippen LogP contribution is -2.45. The van der Waals surface area contributed by atoms with Crippen molar-refractivity contribution in [2.45, 2.75) is 39.5 Å². The number of carbonyl (C=O) groups excluding carboxylic acids is 2. The molecule has 0 aliphatic carbocycles. The van der Waals surface area contributed by atoms with Crippen LogP contribution in [-0.4, -0.2) is 42.8 Å². The fraction of sp³-hybridized carbons (Fsp3) is 0.867. The molecule has 0 aromatic rings. The lowest BCUT2D eigenvalue weighted by atomic mass is 9.86. The van der Waals surface area contributed by atoms with Gasteiger partial charge < -0.3 is 10.2 Å². The third-order valence-corrected chi connectivity index (χ3v) is 4.47. The molecule has 0 aromatic heterocycles. The third-order valence-electron chi connectivity index (χ3n) is 4.47. The third kappa shape index (κ3) is 3.56. The van der Waals surface area contributed by atoms with Crippen molar-refractivity contribution in [3.63, 3.8) is 0 Å². The second-order valence-corrected chi connectivity index (χ2v) is 6.18. The molecular weight excluding hydrogens is 240 g/mol. The lowest BCUT2D eigenvalue weighted by molar-refractivity contribution is -0.140. The Morgan fingerprint density at radius 1 is 1.00 bits per heavy atom. The predicted molar refractivity (Wildman–Crippen MR) is 74.7 cm³/mol. The van der Waals surface area contributed by atoms with Crippen molar-refractivity contribution in [2.75, 3.05) is 26.2 Å². The van der Waals surface area contributed by atoms with Gasteiger partial charge in [-0.15, -0.1) is 0 Å². The molecule has 0 saturated carbocycles. The molecule has 0 atom stereocenters. The van der Waals surface area contributed by atoms with Crippen LogP contribution in [0.1, 0.15) is 39.5 Å². The number of Topliss-reactive ketones (excluding diaryl/α,β-unsaturated/α-hetero) is 1. The summed E-state index contributed by atoms with van der Waals surface area (Å²) in [6.07, 6.45) is 3.63. The van der Waals surface area contributed by atoms with Crippen LogP contribution in [0, 0.1) is 17.8 Å². The van der Waals surface area contributed by atoms with Gasteiger partial charge in [-0.05, 0) is 38.8 Å². The summed E-state index contributed by atoms with van der Waals surface area (Å²) in [6, 6.07) is 0. The molecule has 2 rings (SSSR count). The van der Waals surface area contributed by atoms with Crippen LogP contribution in [-0.2, 0) is 9.59 Å². The molecule has 1 N–H and O–H groups in total. The minimum absolute atomic E-state index is 0.122. The van der Waals surface area contributed by atoms with Gasteiger partial charge in [0.15, 0.2) is 0 Å². The summed E-state index contributed by atoms with van der Waals surface area (Å²) in [5.74, 6) is 1.19. The molecule has 0 radical (unpaired) electrons. The summed E-state index contributed by atoms with van der Waals surface area (Å²) < 4.78 is 0. The summed E-state index contributed by atoms with van der Waals surface area (Å²) in [5.41, 5.74) is 0. The number of amides is 1. The van der Waals surface area contributed by atoms with E-state index in [0.717, 1.165) is 51.9 Å². The molecule has 2 heterocycles. The van der Waals surface area contributed by atoms with Crippen molar-refractivity contribution in [2.24, 2.45) is 17.8 Å². The van der Waals surface area contributed by atoms with E-state index in [1.54, 1.807) is 0 Å². The van der Waals surface area contributed by atoms with Gasteiger partial charge in [0.1, 0.15) is 5.78 Å². The number of ketones is 1. The zero-order chi connectivity index (χ0) is 13.8. The van der Waals surface area contributed by atoms with Crippen LogP contribution in [0.15, 0.2) is 0 Å². The molecule has 2 aliphatic rings. The number of hydrogen-bond donors (Lipinski definition) is 1. The normalized spacial score (nSPS) is 22.8. The summed E-state index contributed by atoms with van der Waals surface area (Å²) in [6.45, 7) is 7.39. The standard InChI is InChI=1S/C15H26N2O2/c1-11(2)14(18)12-5-9-17(10-6-12)15(19)13-3-7-16-8-4-13/h11-13,16H,3-10H2,1-2H3. The van der Waals surface area contributed by atoms with E-state index in [9.17, 15) is 9.59 Å². The maximum atomic E-state index is 12.4. The quantitative estimate of drug-likeness (QED) is 0.841. The van der Waals surface area contributed by atoms with Gasteiger partial charge in [-0.1, -0.05) is 13.8 Å². The van der Waals surface area contributed by atoms with E-state index in [1.165, 1.54) is 0 Å². The van der Waals surface area contributed by atoms with Crippen molar-refractivity contribution in [1.82, 2.24) is 10.2 Å². The van der Waals surface area contributed by atoms with Crippen LogP contribution >= 0.6 is 0 Å². The molecule has 0 unspecified atom stereocenters. The molecule has 2 fully saturated rings. The van der Waals surface area contributed by atoms with E-state index in [4.69, 9.17) is 0 Å². The van der Waals surface area contributed by atoms with Crippen molar-refractivity contribution < 1.29 is 9.59 Å². The average molecular weight is 266 g/mol. The topological polar surface area (TPSA) is 49.4 Å². The number of nitrogens with zero attached hydrogens (tertiary/aromatic N) is 1. The average Bonchev–Trinajstić information content (AvgIpc) is 2.46. The van der Waals surface area contributed by atoms with Crippen molar-refractivity contribution in [1.29, 1.82) is 0 Å². The Balaban J connectivity index is 1.82. The maximum absolute atomic E-state index is 12.4. The monoisotopic (exact) mass is 266 g/mol. The largest absolute Gasteiger partial charge is 0.342 e. The summed E-state index contributed by atoms with van der Waals surface area (Å²) in [4.78, 5) is 26.3. The molecule has 4 nitrogen and oxygen atoms in total. The molecule has 1 amide bonds. The lowest BCUT2D eigenvalue weighted by Gasteiger charge is -2.35. The smallest absolute Gasteiger partial charge is 0.225 e. The first kappa shape index (κ1) is 14.5. The Kier molecular flexibility index (Phi) is 4.97. The Bertz CT molecular complexity index is 327. The van der Waals surface area contributed by atoms with Gasteiger partial charge >= 0.3 is 0 Å². The highest BCUT2D eigenvalue weighted by molar-refractivity contribution is 5.83. The molecule has 2 saturated heterocycles. The van der Waals surface area contributed by atoms with E-state index in [-0.39, 0.29) is 17.8 Å². The number of piperidine rings is 2. The molecule has 0 bridgehead atoms. The summed E-state index contributed by atoms with van der Waals surface area (Å²) in [7, 11) is 0. The van der Waals surface area contributed by atoms with Crippen LogP contribution in [0.25, 0.3) is 0 Å². The Labute approximate surface area is 115 Å². The molecule has 0 aromatic carbocycles. The van der Waals surface area contributed by atoms with E-state index in [2.05, 4.69) is 5.32 Å². The molecule has 19 heavy (non-hydrogen) atoms. The van der Waals surface area contributed by atoms with Crippen LogP contribution in [0.3, 0.4) is 0 Å². The van der Waals surface area contributed by atoms with Gasteiger partial charge in [0, 0.05) is 30.8 Å². The van der Waals surface area contributed by atoms with Gasteiger partial charge in [-0.2, -0.15) is 0 Å². The van der Waals surface area contributed by atoms with Crippen molar-refractivity contribution in [3.8, 4) is 0 Å². The zero-order valence-corrected chi connectivity index (χ0v) is 12.2. The Morgan fingerprint density at radius 2 is 1.58 bits per heavy atom. The van der Waals surface area contributed by atoms with E-state index >= 15 is 0 Å². The van der Waals surface area contributed by atoms with E-state index in [1.807, 2.05) is 18.7 Å². The second kappa shape index (κ2) is 6.51. The van der Waals surface area contributed by atoms with E-state index < -0.39 is 0 Å². The number of nitrogens with one attached hydrogen (secondary N) is 1. The number of rotatable bonds is 3. The molecule has 2 aliphatic heterocycles. The van der Waals surface area contributed by atoms with Gasteiger partial charge in [-0.25, -0.2) is 0 Å². The van der Waals surface area contributed by atoms with Crippen LogP contribution in [0.2, 0.25) is 0 Å². The summed E-state index contributed by atoms with van der Waals surface area (Å²) >= 11 is 0. The minimum Gasteiger partial charge on any atom is -0.342 e. The Morgan fingerprint density at radius 3 is 2.11 bits per heavy atom. The first-order valence-corrected chi connectivity index (χ1v) is 7.63. The number of carbonyl (C=O) groups is 2. The fourth-order valence-electron chi connectivity index (χ4n) is 3.18. The predicted octanol–water partition coefficient (Wildman–Crippen LogP) is 1.45. The SMILES string of the molecule is CC(C)C(=O)C1CCN(C(=O)C2CCNCC2)CC1. The fourth-order valence-corrected chi connectivity index (χ4v) is 3.18. The maximum Gasteiger partial charge on any atom is 0.225 e. The van der Waals surface area contributed by atoms with Gasteiger partial charge in [-0.3, -0.25) is 9.59 Å². The van der Waals surface area contributed by atoms with E-state index in [0.29, 0.717) is 11.7 Å². The van der Waals surface area contributed by atoms with Crippen molar-refractivity contribution in [3.05, 3.63) is 0 Å². The highest BCUT2D eigenvalue weighted by Crippen LogP contribution is 2.24. The molecule has 108 valence electrons. The van der Waals surface area contributed by atoms with Crippen molar-refractivity contribution >= 4 is 11.7 Å². The Hall–Kier alpha value is -0.900. The highest BCUT2D eigenvalue weighted by Gasteiger charge is 2.31. The molecular formula is C15H26N2O2. The first-order valence-electron chi connectivity index (χ1n) is 7.63. The van der Waals surface area contributed by atoms with Crippen LogP contribution in [0.5, 0.6) is 0 Å². The van der Waals surface area contributed by atoms with Crippen LogP contribution in [0.4, 0.5) is 0 Å². The minimum atomic E-state index is 0.122. The van der Waals surface area contributed by atoms with Gasteiger partial charge in [0.05, 0.1) is 0 Å². The highest BCUT2D eigenvalue weighted by atomic mass is 16.2. The van der Waals surface area contributed by atoms with Crippen LogP contribution < -0.4 is 5.32 Å². The zero-order valence-electron chi connectivity index (χ0n) is 12.2.